The molecular formula is C15H20N2O. The summed E-state index contributed by atoms with van der Waals surface area (Å²) in [5, 5.41) is 15.7. The Balaban J connectivity index is 2.25. The predicted molar refractivity (Wildman–Crippen MR) is 74.5 cm³/mol. The van der Waals surface area contributed by atoms with Crippen LogP contribution in [0.25, 0.3) is 10.8 Å². The van der Waals surface area contributed by atoms with Crippen LogP contribution in [0.4, 0.5) is 0 Å². The Bertz CT molecular complexity index is 526. The molecule has 0 saturated heterocycles. The van der Waals surface area contributed by atoms with Gasteiger partial charge in [0, 0.05) is 23.7 Å². The lowest BCUT2D eigenvalue weighted by Gasteiger charge is -2.23. The fourth-order valence-electron chi connectivity index (χ4n) is 1.91. The van der Waals surface area contributed by atoms with E-state index in [1.807, 2.05) is 30.3 Å². The Hall–Kier alpha value is -1.45. The standard InChI is InChI=1S/C15H20N2O/c1-15(2,3)17-10-13(18)14-12-7-5-4-6-11(12)8-9-16-14/h4-9,13,17-18H,10H2,1-3H3/t13-/m0/s1. The van der Waals surface area contributed by atoms with Crippen molar-refractivity contribution in [2.45, 2.75) is 32.4 Å². The lowest BCUT2D eigenvalue weighted by atomic mass is 10.0. The van der Waals surface area contributed by atoms with Crippen LogP contribution in [0, 0.1) is 0 Å². The smallest absolute Gasteiger partial charge is 0.109 e. The molecule has 3 heteroatoms. The number of rotatable bonds is 3. The summed E-state index contributed by atoms with van der Waals surface area (Å²) in [6, 6.07) is 9.95. The number of hydrogen-bond acceptors (Lipinski definition) is 3. The van der Waals surface area contributed by atoms with Crippen molar-refractivity contribution in [3.05, 3.63) is 42.2 Å². The minimum Gasteiger partial charge on any atom is -0.385 e. The molecule has 0 aliphatic carbocycles. The fraction of sp³-hybridized carbons (Fsp3) is 0.400. The molecule has 0 radical (unpaired) electrons. The van der Waals surface area contributed by atoms with E-state index in [0.29, 0.717) is 6.54 Å². The quantitative estimate of drug-likeness (QED) is 0.872. The number of hydrogen-bond donors (Lipinski definition) is 2. The summed E-state index contributed by atoms with van der Waals surface area (Å²) in [4.78, 5) is 4.32. The Morgan fingerprint density at radius 3 is 2.67 bits per heavy atom. The minimum atomic E-state index is -0.588. The Labute approximate surface area is 108 Å². The van der Waals surface area contributed by atoms with E-state index in [9.17, 15) is 5.11 Å². The van der Waals surface area contributed by atoms with Crippen molar-refractivity contribution in [2.24, 2.45) is 0 Å². The number of nitrogens with zero attached hydrogens (tertiary/aromatic N) is 1. The summed E-state index contributed by atoms with van der Waals surface area (Å²) >= 11 is 0. The molecular weight excluding hydrogens is 224 g/mol. The molecule has 1 heterocycles. The van der Waals surface area contributed by atoms with Gasteiger partial charge in [-0.2, -0.15) is 0 Å². The molecule has 3 nitrogen and oxygen atoms in total. The number of nitrogens with one attached hydrogen (secondary N) is 1. The first-order chi connectivity index (χ1) is 8.47. The molecule has 18 heavy (non-hydrogen) atoms. The van der Waals surface area contributed by atoms with Crippen LogP contribution in [-0.4, -0.2) is 22.2 Å². The number of fused-ring (bicyclic) bond motifs is 1. The second-order valence-electron chi connectivity index (χ2n) is 5.56. The minimum absolute atomic E-state index is 0.00837. The summed E-state index contributed by atoms with van der Waals surface area (Å²) < 4.78 is 0. The van der Waals surface area contributed by atoms with Crippen molar-refractivity contribution in [1.82, 2.24) is 10.3 Å². The van der Waals surface area contributed by atoms with Crippen molar-refractivity contribution in [3.63, 3.8) is 0 Å². The zero-order valence-corrected chi connectivity index (χ0v) is 11.1. The molecule has 1 aromatic carbocycles. The van der Waals surface area contributed by atoms with Gasteiger partial charge in [0.05, 0.1) is 5.69 Å². The summed E-state index contributed by atoms with van der Waals surface area (Å²) in [6.45, 7) is 6.74. The maximum atomic E-state index is 10.3. The highest BCUT2D eigenvalue weighted by molar-refractivity contribution is 5.84. The summed E-state index contributed by atoms with van der Waals surface area (Å²) in [5.41, 5.74) is 0.732. The summed E-state index contributed by atoms with van der Waals surface area (Å²) in [7, 11) is 0. The van der Waals surface area contributed by atoms with Crippen LogP contribution in [0.1, 0.15) is 32.6 Å². The van der Waals surface area contributed by atoms with Gasteiger partial charge in [0.2, 0.25) is 0 Å². The van der Waals surface area contributed by atoms with E-state index in [0.717, 1.165) is 16.5 Å². The van der Waals surface area contributed by atoms with E-state index >= 15 is 0 Å². The van der Waals surface area contributed by atoms with Gasteiger partial charge in [0.15, 0.2) is 0 Å². The van der Waals surface area contributed by atoms with Gasteiger partial charge in [0.1, 0.15) is 6.10 Å². The van der Waals surface area contributed by atoms with Crippen LogP contribution in [0.3, 0.4) is 0 Å². The molecule has 2 N–H and O–H groups in total. The van der Waals surface area contributed by atoms with Crippen molar-refractivity contribution in [1.29, 1.82) is 0 Å². The maximum absolute atomic E-state index is 10.3. The Morgan fingerprint density at radius 1 is 1.22 bits per heavy atom. The number of β-amino-alcohol motifs (C(OH)–C–C–N with tert-alkyl or cyclic N) is 1. The van der Waals surface area contributed by atoms with E-state index in [1.54, 1.807) is 6.20 Å². The third-order valence-corrected chi connectivity index (χ3v) is 2.85. The average molecular weight is 244 g/mol. The zero-order chi connectivity index (χ0) is 13.2. The van der Waals surface area contributed by atoms with E-state index in [4.69, 9.17) is 0 Å². The third kappa shape index (κ3) is 3.06. The van der Waals surface area contributed by atoms with Gasteiger partial charge >= 0.3 is 0 Å². The summed E-state index contributed by atoms with van der Waals surface area (Å²) in [5.74, 6) is 0. The van der Waals surface area contributed by atoms with Crippen molar-refractivity contribution in [2.75, 3.05) is 6.54 Å². The number of benzene rings is 1. The zero-order valence-electron chi connectivity index (χ0n) is 11.1. The Kier molecular flexibility index (Phi) is 3.64. The highest BCUT2D eigenvalue weighted by atomic mass is 16.3. The van der Waals surface area contributed by atoms with Crippen LogP contribution < -0.4 is 5.32 Å². The lowest BCUT2D eigenvalue weighted by molar-refractivity contribution is 0.160. The molecule has 1 atom stereocenters. The van der Waals surface area contributed by atoms with Crippen LogP contribution in [0.5, 0.6) is 0 Å². The molecule has 0 aliphatic heterocycles. The first kappa shape index (κ1) is 13.0. The van der Waals surface area contributed by atoms with Gasteiger partial charge in [0.25, 0.3) is 0 Å². The van der Waals surface area contributed by atoms with E-state index < -0.39 is 6.10 Å². The molecule has 0 bridgehead atoms. The predicted octanol–water partition coefficient (Wildman–Crippen LogP) is 2.66. The summed E-state index contributed by atoms with van der Waals surface area (Å²) in [6.07, 6.45) is 1.16. The lowest BCUT2D eigenvalue weighted by Crippen LogP contribution is -2.38. The van der Waals surface area contributed by atoms with Gasteiger partial charge in [-0.05, 0) is 32.2 Å². The number of aromatic nitrogens is 1. The van der Waals surface area contributed by atoms with Crippen LogP contribution in [0.2, 0.25) is 0 Å². The third-order valence-electron chi connectivity index (χ3n) is 2.85. The molecule has 0 amide bonds. The van der Waals surface area contributed by atoms with E-state index in [2.05, 4.69) is 31.1 Å². The van der Waals surface area contributed by atoms with Crippen LogP contribution >= 0.6 is 0 Å². The largest absolute Gasteiger partial charge is 0.385 e. The first-order valence-corrected chi connectivity index (χ1v) is 6.24. The molecule has 96 valence electrons. The molecule has 2 rings (SSSR count). The van der Waals surface area contributed by atoms with Gasteiger partial charge in [-0.25, -0.2) is 0 Å². The van der Waals surface area contributed by atoms with Crippen LogP contribution in [0.15, 0.2) is 36.5 Å². The molecule has 2 aromatic rings. The topological polar surface area (TPSA) is 45.1 Å². The second kappa shape index (κ2) is 5.04. The molecule has 0 fully saturated rings. The van der Waals surface area contributed by atoms with Crippen molar-refractivity contribution < 1.29 is 5.11 Å². The maximum Gasteiger partial charge on any atom is 0.109 e. The van der Waals surface area contributed by atoms with Gasteiger partial charge in [-0.15, -0.1) is 0 Å². The van der Waals surface area contributed by atoms with Crippen molar-refractivity contribution in [3.8, 4) is 0 Å². The van der Waals surface area contributed by atoms with Gasteiger partial charge in [-0.1, -0.05) is 24.3 Å². The Morgan fingerprint density at radius 2 is 1.94 bits per heavy atom. The molecule has 0 unspecified atom stereocenters. The van der Waals surface area contributed by atoms with E-state index in [-0.39, 0.29) is 5.54 Å². The van der Waals surface area contributed by atoms with E-state index in [1.165, 1.54) is 0 Å². The second-order valence-corrected chi connectivity index (χ2v) is 5.56. The number of aliphatic hydroxyl groups excluding tert-OH is 1. The van der Waals surface area contributed by atoms with Crippen molar-refractivity contribution >= 4 is 10.8 Å². The normalized spacial score (nSPS) is 13.8. The number of pyridine rings is 1. The highest BCUT2D eigenvalue weighted by Gasteiger charge is 2.16. The average Bonchev–Trinajstić information content (AvgIpc) is 2.34. The molecule has 1 aromatic heterocycles. The van der Waals surface area contributed by atoms with Crippen LogP contribution in [-0.2, 0) is 0 Å². The highest BCUT2D eigenvalue weighted by Crippen LogP contribution is 2.21. The monoisotopic (exact) mass is 244 g/mol. The molecule has 0 aliphatic rings. The molecule has 0 spiro atoms. The number of aliphatic hydroxyl groups is 1. The first-order valence-electron chi connectivity index (χ1n) is 6.24. The fourth-order valence-corrected chi connectivity index (χ4v) is 1.91. The van der Waals surface area contributed by atoms with Gasteiger partial charge in [-0.3, -0.25) is 4.98 Å². The molecule has 0 saturated carbocycles. The van der Waals surface area contributed by atoms with Gasteiger partial charge < -0.3 is 10.4 Å². The SMILES string of the molecule is CC(C)(C)NC[C@H](O)c1nccc2ccccc12.